The predicted octanol–water partition coefficient (Wildman–Crippen LogP) is 2.56. The summed E-state index contributed by atoms with van der Waals surface area (Å²) in [6.07, 6.45) is 0.892. The minimum Gasteiger partial charge on any atom is -0.444 e. The van der Waals surface area contributed by atoms with Crippen LogP contribution in [0.25, 0.3) is 0 Å². The molecule has 0 radical (unpaired) electrons. The number of nitrogens with one attached hydrogen (secondary N) is 2. The molecule has 2 aromatic heterocycles. The van der Waals surface area contributed by atoms with Crippen LogP contribution in [0.3, 0.4) is 0 Å². The normalized spacial score (nSPS) is 12.7. The molecule has 2 N–H and O–H groups in total. The fraction of sp³-hybridized carbons (Fsp3) is 0.588. The second-order valence-corrected chi connectivity index (χ2v) is 6.20. The highest BCUT2D eigenvalue weighted by molar-refractivity contribution is 14.0. The van der Waals surface area contributed by atoms with Gasteiger partial charge in [0.15, 0.2) is 5.96 Å². The maximum atomic E-state index is 5.58. The van der Waals surface area contributed by atoms with Gasteiger partial charge >= 0.3 is 0 Å². The second kappa shape index (κ2) is 9.21. The number of guanidine groups is 1. The molecule has 8 heteroatoms. The topological polar surface area (TPSA) is 80.3 Å². The first-order chi connectivity index (χ1) is 11.3. The molecule has 0 fully saturated rings. The van der Waals surface area contributed by atoms with E-state index in [-0.39, 0.29) is 30.0 Å². The van der Waals surface area contributed by atoms with Crippen molar-refractivity contribution < 1.29 is 4.42 Å². The van der Waals surface area contributed by atoms with Crippen LogP contribution in [0.1, 0.15) is 41.2 Å². The first-order valence-electron chi connectivity index (χ1n) is 8.21. The summed E-state index contributed by atoms with van der Waals surface area (Å²) in [5.74, 6) is 2.25. The summed E-state index contributed by atoms with van der Waals surface area (Å²) >= 11 is 0. The van der Waals surface area contributed by atoms with Gasteiger partial charge in [-0.05, 0) is 46.6 Å². The lowest BCUT2D eigenvalue weighted by molar-refractivity contribution is 0.463. The number of aliphatic imine (C=N–C) groups is 1. The standard InChI is InChI=1S/C17H28N6O.HI/c1-10(8-15-12(3)22-23(7)13(15)4)20-17(18-6)19-9-16-21-11(2)14(5)24-16;/h10H,8-9H2,1-7H3,(H2,18,19,20);1H. The van der Waals surface area contributed by atoms with Crippen molar-refractivity contribution in [2.24, 2.45) is 12.0 Å². The molecule has 140 valence electrons. The van der Waals surface area contributed by atoms with Crippen molar-refractivity contribution in [2.75, 3.05) is 7.05 Å². The van der Waals surface area contributed by atoms with Gasteiger partial charge in [0.25, 0.3) is 0 Å². The van der Waals surface area contributed by atoms with Crippen molar-refractivity contribution in [1.82, 2.24) is 25.4 Å². The van der Waals surface area contributed by atoms with E-state index >= 15 is 0 Å². The van der Waals surface area contributed by atoms with Crippen molar-refractivity contribution in [2.45, 2.75) is 53.6 Å². The molecule has 0 amide bonds. The van der Waals surface area contributed by atoms with Crippen LogP contribution >= 0.6 is 24.0 Å². The molecule has 0 aliphatic carbocycles. The van der Waals surface area contributed by atoms with Crippen LogP contribution in [0.2, 0.25) is 0 Å². The van der Waals surface area contributed by atoms with E-state index in [4.69, 9.17) is 4.42 Å². The highest BCUT2D eigenvalue weighted by atomic mass is 127. The van der Waals surface area contributed by atoms with Crippen LogP contribution in [-0.4, -0.2) is 33.8 Å². The number of aryl methyl sites for hydroxylation is 4. The van der Waals surface area contributed by atoms with Crippen molar-refractivity contribution in [3.05, 3.63) is 34.3 Å². The van der Waals surface area contributed by atoms with Gasteiger partial charge in [0.1, 0.15) is 5.76 Å². The van der Waals surface area contributed by atoms with Crippen LogP contribution in [-0.2, 0) is 20.0 Å². The van der Waals surface area contributed by atoms with E-state index < -0.39 is 0 Å². The van der Waals surface area contributed by atoms with E-state index in [0.717, 1.165) is 29.5 Å². The van der Waals surface area contributed by atoms with E-state index in [1.165, 1.54) is 11.3 Å². The van der Waals surface area contributed by atoms with E-state index in [1.807, 2.05) is 25.6 Å². The summed E-state index contributed by atoms with van der Waals surface area (Å²) in [5.41, 5.74) is 4.49. The number of aromatic nitrogens is 3. The lowest BCUT2D eigenvalue weighted by Crippen LogP contribution is -2.42. The Bertz CT molecular complexity index is 714. The highest BCUT2D eigenvalue weighted by Gasteiger charge is 2.14. The van der Waals surface area contributed by atoms with Crippen LogP contribution < -0.4 is 10.6 Å². The SMILES string of the molecule is CN=C(NCc1nc(C)c(C)o1)NC(C)Cc1c(C)nn(C)c1C.I. The van der Waals surface area contributed by atoms with Crippen molar-refractivity contribution in [3.8, 4) is 0 Å². The Morgan fingerprint density at radius 2 is 1.92 bits per heavy atom. The smallest absolute Gasteiger partial charge is 0.214 e. The van der Waals surface area contributed by atoms with Gasteiger partial charge in [-0.2, -0.15) is 5.10 Å². The van der Waals surface area contributed by atoms with Crippen molar-refractivity contribution >= 4 is 29.9 Å². The molecule has 0 bridgehead atoms. The third-order valence-corrected chi connectivity index (χ3v) is 4.26. The van der Waals surface area contributed by atoms with Gasteiger partial charge in [-0.15, -0.1) is 24.0 Å². The second-order valence-electron chi connectivity index (χ2n) is 6.20. The van der Waals surface area contributed by atoms with E-state index in [1.54, 1.807) is 7.05 Å². The average Bonchev–Trinajstić information content (AvgIpc) is 2.97. The zero-order valence-electron chi connectivity index (χ0n) is 16.1. The van der Waals surface area contributed by atoms with Gasteiger partial charge in [0.2, 0.25) is 5.89 Å². The zero-order chi connectivity index (χ0) is 17.9. The minimum atomic E-state index is 0. The highest BCUT2D eigenvalue weighted by Crippen LogP contribution is 2.14. The predicted molar refractivity (Wildman–Crippen MR) is 111 cm³/mol. The fourth-order valence-electron chi connectivity index (χ4n) is 2.67. The summed E-state index contributed by atoms with van der Waals surface area (Å²) in [4.78, 5) is 8.63. The Labute approximate surface area is 166 Å². The summed E-state index contributed by atoms with van der Waals surface area (Å²) in [6, 6.07) is 0.228. The monoisotopic (exact) mass is 460 g/mol. The molecule has 2 aromatic rings. The van der Waals surface area contributed by atoms with Crippen molar-refractivity contribution in [1.29, 1.82) is 0 Å². The average molecular weight is 460 g/mol. The summed E-state index contributed by atoms with van der Waals surface area (Å²) in [5, 5.41) is 11.1. The quantitative estimate of drug-likeness (QED) is 0.408. The van der Waals surface area contributed by atoms with Gasteiger partial charge in [-0.1, -0.05) is 0 Å². The Morgan fingerprint density at radius 1 is 1.24 bits per heavy atom. The molecule has 0 aliphatic heterocycles. The molecule has 0 aromatic carbocycles. The molecule has 0 saturated heterocycles. The fourth-order valence-corrected chi connectivity index (χ4v) is 2.67. The molecular formula is C17H29IN6O. The molecular weight excluding hydrogens is 431 g/mol. The van der Waals surface area contributed by atoms with E-state index in [0.29, 0.717) is 12.4 Å². The van der Waals surface area contributed by atoms with Crippen LogP contribution in [0.15, 0.2) is 9.41 Å². The number of oxazole rings is 1. The number of hydrogen-bond acceptors (Lipinski definition) is 4. The number of rotatable bonds is 5. The summed E-state index contributed by atoms with van der Waals surface area (Å²) in [7, 11) is 3.74. The molecule has 0 aliphatic rings. The maximum Gasteiger partial charge on any atom is 0.214 e. The molecule has 0 spiro atoms. The van der Waals surface area contributed by atoms with Gasteiger partial charge in [-0.25, -0.2) is 4.98 Å². The van der Waals surface area contributed by atoms with Gasteiger partial charge in [0.05, 0.1) is 17.9 Å². The first-order valence-corrected chi connectivity index (χ1v) is 8.21. The Balaban J connectivity index is 0.00000312. The molecule has 25 heavy (non-hydrogen) atoms. The molecule has 2 heterocycles. The number of hydrogen-bond donors (Lipinski definition) is 2. The summed E-state index contributed by atoms with van der Waals surface area (Å²) < 4.78 is 7.50. The van der Waals surface area contributed by atoms with E-state index in [9.17, 15) is 0 Å². The van der Waals surface area contributed by atoms with Crippen molar-refractivity contribution in [3.63, 3.8) is 0 Å². The lowest BCUT2D eigenvalue weighted by Gasteiger charge is -2.17. The summed E-state index contributed by atoms with van der Waals surface area (Å²) in [6.45, 7) is 10.7. The van der Waals surface area contributed by atoms with Crippen LogP contribution in [0.4, 0.5) is 0 Å². The van der Waals surface area contributed by atoms with Gasteiger partial charge in [-0.3, -0.25) is 9.67 Å². The van der Waals surface area contributed by atoms with Gasteiger partial charge in [0, 0.05) is 25.8 Å². The molecule has 1 atom stereocenters. The van der Waals surface area contributed by atoms with Crippen LogP contribution in [0, 0.1) is 27.7 Å². The molecule has 7 nitrogen and oxygen atoms in total. The first kappa shape index (κ1) is 21.5. The Kier molecular flexibility index (Phi) is 7.91. The van der Waals surface area contributed by atoms with Gasteiger partial charge < -0.3 is 15.1 Å². The minimum absolute atomic E-state index is 0. The largest absolute Gasteiger partial charge is 0.444 e. The lowest BCUT2D eigenvalue weighted by atomic mass is 10.1. The number of halogens is 1. The maximum absolute atomic E-state index is 5.58. The van der Waals surface area contributed by atoms with Crippen LogP contribution in [0.5, 0.6) is 0 Å². The third-order valence-electron chi connectivity index (χ3n) is 4.26. The number of nitrogens with zero attached hydrogens (tertiary/aromatic N) is 4. The zero-order valence-corrected chi connectivity index (χ0v) is 18.4. The molecule has 0 saturated carbocycles. The molecule has 2 rings (SSSR count). The third kappa shape index (κ3) is 5.45. The Hall–Kier alpha value is -1.58. The Morgan fingerprint density at radius 3 is 2.40 bits per heavy atom. The van der Waals surface area contributed by atoms with E-state index in [2.05, 4.69) is 46.5 Å². The molecule has 1 unspecified atom stereocenters.